The van der Waals surface area contributed by atoms with Crippen molar-refractivity contribution in [1.82, 2.24) is 0 Å². The van der Waals surface area contributed by atoms with Crippen molar-refractivity contribution < 1.29 is 4.79 Å². The molecular weight excluding hydrogens is 162 g/mol. The lowest BCUT2D eigenvalue weighted by Crippen LogP contribution is -2.31. The summed E-state index contributed by atoms with van der Waals surface area (Å²) in [5.41, 5.74) is 6.91. The fourth-order valence-electron chi connectivity index (χ4n) is 1.89. The summed E-state index contributed by atoms with van der Waals surface area (Å²) < 4.78 is 0. The van der Waals surface area contributed by atoms with Crippen molar-refractivity contribution in [1.29, 1.82) is 0 Å². The van der Waals surface area contributed by atoms with E-state index in [2.05, 4.69) is 0 Å². The van der Waals surface area contributed by atoms with Crippen molar-refractivity contribution in [3.8, 4) is 0 Å². The van der Waals surface area contributed by atoms with Crippen LogP contribution in [0.2, 0.25) is 0 Å². The Morgan fingerprint density at radius 2 is 2.08 bits per heavy atom. The lowest BCUT2D eigenvalue weighted by molar-refractivity contribution is -0.119. The molecule has 0 unspecified atom stereocenters. The first-order valence-electron chi connectivity index (χ1n) is 5.04. The fourth-order valence-corrected chi connectivity index (χ4v) is 1.89. The van der Waals surface area contributed by atoms with E-state index < -0.39 is 0 Å². The van der Waals surface area contributed by atoms with E-state index in [0.717, 1.165) is 31.3 Å². The average Bonchev–Trinajstić information content (AvgIpc) is 2.03. The highest BCUT2D eigenvalue weighted by molar-refractivity contribution is 5.92. The molecule has 1 saturated carbocycles. The van der Waals surface area contributed by atoms with E-state index in [1.165, 1.54) is 0 Å². The first-order chi connectivity index (χ1) is 6.09. The quantitative estimate of drug-likeness (QED) is 0.662. The van der Waals surface area contributed by atoms with Gasteiger partial charge in [0, 0.05) is 12.0 Å². The second-order valence-corrected chi connectivity index (χ2v) is 4.25. The van der Waals surface area contributed by atoms with Gasteiger partial charge in [0.2, 0.25) is 0 Å². The van der Waals surface area contributed by atoms with Gasteiger partial charge in [-0.3, -0.25) is 4.79 Å². The molecule has 0 saturated heterocycles. The first-order valence-corrected chi connectivity index (χ1v) is 5.04. The molecule has 0 aromatic carbocycles. The molecule has 0 heterocycles. The monoisotopic (exact) mass is 181 g/mol. The largest absolute Gasteiger partial charge is 0.328 e. The third-order valence-corrected chi connectivity index (χ3v) is 2.55. The molecule has 0 aliphatic heterocycles. The minimum atomic E-state index is 0.193. The third kappa shape index (κ3) is 3.31. The van der Waals surface area contributed by atoms with Crippen LogP contribution in [0.3, 0.4) is 0 Å². The zero-order valence-corrected chi connectivity index (χ0v) is 8.55. The molecule has 0 aromatic heterocycles. The molecule has 2 nitrogen and oxygen atoms in total. The Labute approximate surface area is 80.2 Å². The van der Waals surface area contributed by atoms with Crippen LogP contribution in [-0.4, -0.2) is 11.8 Å². The van der Waals surface area contributed by atoms with Gasteiger partial charge in [-0.05, 0) is 39.2 Å². The van der Waals surface area contributed by atoms with Crippen molar-refractivity contribution in [3.05, 3.63) is 11.6 Å². The zero-order chi connectivity index (χ0) is 9.84. The predicted octanol–water partition coefficient (Wildman–Crippen LogP) is 2.04. The number of allylic oxidation sites excluding steroid dienone is 2. The number of ketones is 1. The summed E-state index contributed by atoms with van der Waals surface area (Å²) in [5.74, 6) is 0.466. The van der Waals surface area contributed by atoms with E-state index in [1.54, 1.807) is 6.08 Å². The highest BCUT2D eigenvalue weighted by Crippen LogP contribution is 2.24. The summed E-state index contributed by atoms with van der Waals surface area (Å²) in [7, 11) is 0. The van der Waals surface area contributed by atoms with Crippen LogP contribution in [0.25, 0.3) is 0 Å². The van der Waals surface area contributed by atoms with E-state index in [1.807, 2.05) is 13.8 Å². The maximum absolute atomic E-state index is 11.6. The van der Waals surface area contributed by atoms with Crippen LogP contribution in [-0.2, 0) is 4.79 Å². The van der Waals surface area contributed by atoms with E-state index in [4.69, 9.17) is 5.73 Å². The van der Waals surface area contributed by atoms with Gasteiger partial charge in [0.15, 0.2) is 5.78 Å². The Bertz CT molecular complexity index is 216. The molecule has 1 rings (SSSR count). The smallest absolute Gasteiger partial charge is 0.158 e. The van der Waals surface area contributed by atoms with Crippen LogP contribution in [0.1, 0.15) is 39.5 Å². The van der Waals surface area contributed by atoms with Crippen molar-refractivity contribution in [2.75, 3.05) is 0 Å². The molecule has 2 atom stereocenters. The molecule has 1 aliphatic rings. The van der Waals surface area contributed by atoms with Crippen LogP contribution < -0.4 is 5.73 Å². The molecule has 2 heteroatoms. The normalized spacial score (nSPS) is 28.2. The number of carbonyl (C=O) groups excluding carboxylic acids is 1. The molecule has 2 N–H and O–H groups in total. The summed E-state index contributed by atoms with van der Waals surface area (Å²) >= 11 is 0. The van der Waals surface area contributed by atoms with Crippen LogP contribution >= 0.6 is 0 Å². The van der Waals surface area contributed by atoms with Crippen LogP contribution in [0.5, 0.6) is 0 Å². The highest BCUT2D eigenvalue weighted by atomic mass is 16.1. The topological polar surface area (TPSA) is 43.1 Å². The van der Waals surface area contributed by atoms with E-state index in [0.29, 0.717) is 0 Å². The van der Waals surface area contributed by atoms with Gasteiger partial charge in [0.25, 0.3) is 0 Å². The minimum Gasteiger partial charge on any atom is -0.328 e. The number of nitrogens with two attached hydrogens (primary N) is 1. The molecule has 1 aliphatic carbocycles. The molecule has 0 aromatic rings. The summed E-state index contributed by atoms with van der Waals surface area (Å²) in [6.45, 7) is 3.92. The predicted molar refractivity (Wildman–Crippen MR) is 54.4 cm³/mol. The van der Waals surface area contributed by atoms with Gasteiger partial charge in [-0.25, -0.2) is 0 Å². The molecule has 74 valence electrons. The molecule has 0 radical (unpaired) electrons. The zero-order valence-electron chi connectivity index (χ0n) is 8.55. The fraction of sp³-hybridized carbons (Fsp3) is 0.727. The summed E-state index contributed by atoms with van der Waals surface area (Å²) in [4.78, 5) is 11.6. The van der Waals surface area contributed by atoms with Crippen LogP contribution in [0.4, 0.5) is 0 Å². The van der Waals surface area contributed by atoms with Crippen molar-refractivity contribution >= 4 is 5.78 Å². The van der Waals surface area contributed by atoms with Gasteiger partial charge in [0.05, 0.1) is 0 Å². The second-order valence-electron chi connectivity index (χ2n) is 4.25. The second kappa shape index (κ2) is 4.56. The van der Waals surface area contributed by atoms with Gasteiger partial charge in [-0.15, -0.1) is 0 Å². The standard InChI is InChI=1S/C11H19NO/c1-8(2)6-11(13)9-4-3-5-10(12)7-9/h6,9-10H,3-5,7,12H2,1-2H3/t9-,10+/m1/s1. The van der Waals surface area contributed by atoms with Crippen LogP contribution in [0, 0.1) is 5.92 Å². The van der Waals surface area contributed by atoms with Gasteiger partial charge < -0.3 is 5.73 Å². The highest BCUT2D eigenvalue weighted by Gasteiger charge is 2.23. The average molecular weight is 181 g/mol. The lowest BCUT2D eigenvalue weighted by Gasteiger charge is -2.24. The van der Waals surface area contributed by atoms with Gasteiger partial charge >= 0.3 is 0 Å². The van der Waals surface area contributed by atoms with Gasteiger partial charge in [-0.2, -0.15) is 0 Å². The van der Waals surface area contributed by atoms with Gasteiger partial charge in [-0.1, -0.05) is 12.0 Å². The van der Waals surface area contributed by atoms with Crippen molar-refractivity contribution in [3.63, 3.8) is 0 Å². The Hall–Kier alpha value is -0.630. The van der Waals surface area contributed by atoms with E-state index in [-0.39, 0.29) is 17.7 Å². The first kappa shape index (κ1) is 10.5. The van der Waals surface area contributed by atoms with E-state index >= 15 is 0 Å². The number of hydrogen-bond acceptors (Lipinski definition) is 2. The molecule has 1 fully saturated rings. The lowest BCUT2D eigenvalue weighted by atomic mass is 9.83. The summed E-state index contributed by atoms with van der Waals surface area (Å²) in [6, 6.07) is 0.244. The number of hydrogen-bond donors (Lipinski definition) is 1. The summed E-state index contributed by atoms with van der Waals surface area (Å²) in [6.07, 6.45) is 5.84. The maximum atomic E-state index is 11.6. The third-order valence-electron chi connectivity index (χ3n) is 2.55. The Balaban J connectivity index is 2.51. The summed E-state index contributed by atoms with van der Waals surface area (Å²) in [5, 5.41) is 0. The molecule has 0 spiro atoms. The van der Waals surface area contributed by atoms with Crippen LogP contribution in [0.15, 0.2) is 11.6 Å². The Morgan fingerprint density at radius 1 is 1.38 bits per heavy atom. The van der Waals surface area contributed by atoms with E-state index in [9.17, 15) is 4.79 Å². The maximum Gasteiger partial charge on any atom is 0.158 e. The van der Waals surface area contributed by atoms with Crippen molar-refractivity contribution in [2.45, 2.75) is 45.6 Å². The van der Waals surface area contributed by atoms with Crippen molar-refractivity contribution in [2.24, 2.45) is 11.7 Å². The Morgan fingerprint density at radius 3 is 2.62 bits per heavy atom. The number of carbonyl (C=O) groups is 1. The molecular formula is C11H19NO. The van der Waals surface area contributed by atoms with Gasteiger partial charge in [0.1, 0.15) is 0 Å². The SMILES string of the molecule is CC(C)=CC(=O)[C@@H]1CCC[C@H](N)C1. The molecule has 13 heavy (non-hydrogen) atoms. The molecule has 0 amide bonds. The minimum absolute atomic E-state index is 0.193. The Kier molecular flexibility index (Phi) is 3.67. The number of rotatable bonds is 2. The molecule has 0 bridgehead atoms.